The van der Waals surface area contributed by atoms with E-state index in [1.807, 2.05) is 6.07 Å². The standard InChI is InChI=1S/C15H17N/c1-10-7-8-13(14(16)9-10)15-11(2)5-4-6-12(15)3/h4-9H,16H2,1-3H3. The largest absolute Gasteiger partial charge is 0.398 e. The van der Waals surface area contributed by atoms with Crippen LogP contribution in [0, 0.1) is 20.8 Å². The molecule has 0 saturated carbocycles. The second-order valence-electron chi connectivity index (χ2n) is 4.36. The maximum absolute atomic E-state index is 6.09. The SMILES string of the molecule is Cc1ccc(-c2c(C)cccc2C)c(N)c1. The first kappa shape index (κ1) is 10.7. The number of aryl methyl sites for hydroxylation is 3. The van der Waals surface area contributed by atoms with E-state index in [1.165, 1.54) is 22.3 Å². The molecule has 2 N–H and O–H groups in total. The highest BCUT2D eigenvalue weighted by Gasteiger charge is 2.08. The molecule has 82 valence electrons. The minimum absolute atomic E-state index is 0.859. The van der Waals surface area contributed by atoms with E-state index in [9.17, 15) is 0 Å². The molecule has 0 fully saturated rings. The van der Waals surface area contributed by atoms with Crippen molar-refractivity contribution in [3.63, 3.8) is 0 Å². The Morgan fingerprint density at radius 1 is 0.875 bits per heavy atom. The molecule has 0 atom stereocenters. The molecule has 2 aromatic rings. The van der Waals surface area contributed by atoms with Crippen LogP contribution < -0.4 is 5.73 Å². The first-order valence-electron chi connectivity index (χ1n) is 5.52. The maximum Gasteiger partial charge on any atom is 0.0396 e. The zero-order chi connectivity index (χ0) is 11.7. The van der Waals surface area contributed by atoms with Gasteiger partial charge in [0.05, 0.1) is 0 Å². The van der Waals surface area contributed by atoms with E-state index in [2.05, 4.69) is 51.1 Å². The van der Waals surface area contributed by atoms with Gasteiger partial charge in [-0.2, -0.15) is 0 Å². The number of nitrogens with two attached hydrogens (primary N) is 1. The molecule has 0 radical (unpaired) electrons. The predicted octanol–water partition coefficient (Wildman–Crippen LogP) is 3.86. The zero-order valence-corrected chi connectivity index (χ0v) is 10.0. The summed E-state index contributed by atoms with van der Waals surface area (Å²) in [6.45, 7) is 6.31. The van der Waals surface area contributed by atoms with E-state index in [1.54, 1.807) is 0 Å². The number of benzene rings is 2. The Labute approximate surface area is 96.9 Å². The van der Waals surface area contributed by atoms with Crippen LogP contribution in [0.3, 0.4) is 0 Å². The summed E-state index contributed by atoms with van der Waals surface area (Å²) >= 11 is 0. The summed E-state index contributed by atoms with van der Waals surface area (Å²) in [7, 11) is 0. The Bertz CT molecular complexity index is 507. The molecule has 0 saturated heterocycles. The predicted molar refractivity (Wildman–Crippen MR) is 70.5 cm³/mol. The first-order chi connectivity index (χ1) is 7.59. The third-order valence-electron chi connectivity index (χ3n) is 2.96. The molecule has 0 bridgehead atoms. The van der Waals surface area contributed by atoms with E-state index >= 15 is 0 Å². The van der Waals surface area contributed by atoms with E-state index < -0.39 is 0 Å². The lowest BCUT2D eigenvalue weighted by Crippen LogP contribution is -1.94. The van der Waals surface area contributed by atoms with Crippen LogP contribution in [0.25, 0.3) is 11.1 Å². The summed E-state index contributed by atoms with van der Waals surface area (Å²) in [4.78, 5) is 0. The van der Waals surface area contributed by atoms with Crippen LogP contribution in [0.1, 0.15) is 16.7 Å². The Hall–Kier alpha value is -1.76. The molecule has 0 spiro atoms. The quantitative estimate of drug-likeness (QED) is 0.712. The van der Waals surface area contributed by atoms with Crippen molar-refractivity contribution in [2.75, 3.05) is 5.73 Å². The van der Waals surface area contributed by atoms with Crippen molar-refractivity contribution in [3.05, 3.63) is 53.1 Å². The van der Waals surface area contributed by atoms with Gasteiger partial charge < -0.3 is 5.73 Å². The topological polar surface area (TPSA) is 26.0 Å². The monoisotopic (exact) mass is 211 g/mol. The Morgan fingerprint density at radius 3 is 2.06 bits per heavy atom. The number of rotatable bonds is 1. The summed E-state index contributed by atoms with van der Waals surface area (Å²) in [5.41, 5.74) is 13.1. The number of hydrogen-bond acceptors (Lipinski definition) is 1. The molecule has 0 heterocycles. The van der Waals surface area contributed by atoms with Gasteiger partial charge in [0.25, 0.3) is 0 Å². The average Bonchev–Trinajstić information content (AvgIpc) is 2.20. The third-order valence-corrected chi connectivity index (χ3v) is 2.96. The van der Waals surface area contributed by atoms with Gasteiger partial charge in [0.1, 0.15) is 0 Å². The number of anilines is 1. The lowest BCUT2D eigenvalue weighted by Gasteiger charge is -2.12. The Kier molecular flexibility index (Phi) is 2.69. The minimum Gasteiger partial charge on any atom is -0.398 e. The van der Waals surface area contributed by atoms with Gasteiger partial charge in [-0.3, -0.25) is 0 Å². The molecule has 1 nitrogen and oxygen atoms in total. The van der Waals surface area contributed by atoms with E-state index in [0.717, 1.165) is 11.3 Å². The van der Waals surface area contributed by atoms with Gasteiger partial charge in [-0.15, -0.1) is 0 Å². The highest BCUT2D eigenvalue weighted by atomic mass is 14.6. The summed E-state index contributed by atoms with van der Waals surface area (Å²) < 4.78 is 0. The van der Waals surface area contributed by atoms with Gasteiger partial charge >= 0.3 is 0 Å². The van der Waals surface area contributed by atoms with Crippen LogP contribution in [0.5, 0.6) is 0 Å². The molecule has 0 unspecified atom stereocenters. The van der Waals surface area contributed by atoms with Crippen LogP contribution in [0.2, 0.25) is 0 Å². The highest BCUT2D eigenvalue weighted by Crippen LogP contribution is 2.31. The minimum atomic E-state index is 0.859. The average molecular weight is 211 g/mol. The lowest BCUT2D eigenvalue weighted by molar-refractivity contribution is 1.37. The first-order valence-corrected chi connectivity index (χ1v) is 5.52. The lowest BCUT2D eigenvalue weighted by atomic mass is 9.94. The van der Waals surface area contributed by atoms with Gasteiger partial charge in [0, 0.05) is 11.3 Å². The molecular weight excluding hydrogens is 194 g/mol. The van der Waals surface area contributed by atoms with Crippen molar-refractivity contribution < 1.29 is 0 Å². The molecule has 1 heteroatoms. The Balaban J connectivity index is 2.68. The molecule has 0 amide bonds. The van der Waals surface area contributed by atoms with Crippen LogP contribution >= 0.6 is 0 Å². The van der Waals surface area contributed by atoms with Gasteiger partial charge in [0.15, 0.2) is 0 Å². The second-order valence-corrected chi connectivity index (χ2v) is 4.36. The molecule has 0 aliphatic heterocycles. The molecular formula is C15H17N. The van der Waals surface area contributed by atoms with Gasteiger partial charge in [-0.1, -0.05) is 30.3 Å². The van der Waals surface area contributed by atoms with Crippen molar-refractivity contribution >= 4 is 5.69 Å². The van der Waals surface area contributed by atoms with E-state index in [0.29, 0.717) is 0 Å². The van der Waals surface area contributed by atoms with Crippen molar-refractivity contribution in [1.29, 1.82) is 0 Å². The van der Waals surface area contributed by atoms with Crippen molar-refractivity contribution in [1.82, 2.24) is 0 Å². The van der Waals surface area contributed by atoms with Crippen molar-refractivity contribution in [3.8, 4) is 11.1 Å². The van der Waals surface area contributed by atoms with Crippen molar-refractivity contribution in [2.45, 2.75) is 20.8 Å². The summed E-state index contributed by atoms with van der Waals surface area (Å²) in [5.74, 6) is 0. The van der Waals surface area contributed by atoms with E-state index in [-0.39, 0.29) is 0 Å². The summed E-state index contributed by atoms with van der Waals surface area (Å²) in [5, 5.41) is 0. The van der Waals surface area contributed by atoms with Gasteiger partial charge in [-0.05, 0) is 49.1 Å². The Morgan fingerprint density at radius 2 is 1.50 bits per heavy atom. The van der Waals surface area contributed by atoms with Crippen LogP contribution in [0.15, 0.2) is 36.4 Å². The van der Waals surface area contributed by atoms with E-state index in [4.69, 9.17) is 5.73 Å². The van der Waals surface area contributed by atoms with Crippen molar-refractivity contribution in [2.24, 2.45) is 0 Å². The summed E-state index contributed by atoms with van der Waals surface area (Å²) in [6, 6.07) is 12.6. The molecule has 16 heavy (non-hydrogen) atoms. The van der Waals surface area contributed by atoms with Crippen LogP contribution in [-0.2, 0) is 0 Å². The highest BCUT2D eigenvalue weighted by molar-refractivity contribution is 5.80. The smallest absolute Gasteiger partial charge is 0.0396 e. The molecule has 2 aromatic carbocycles. The molecule has 0 aliphatic rings. The fourth-order valence-electron chi connectivity index (χ4n) is 2.15. The summed E-state index contributed by atoms with van der Waals surface area (Å²) in [6.07, 6.45) is 0. The van der Waals surface area contributed by atoms with Gasteiger partial charge in [-0.25, -0.2) is 0 Å². The van der Waals surface area contributed by atoms with Crippen LogP contribution in [0.4, 0.5) is 5.69 Å². The normalized spacial score (nSPS) is 10.4. The van der Waals surface area contributed by atoms with Gasteiger partial charge in [0.2, 0.25) is 0 Å². The fraction of sp³-hybridized carbons (Fsp3) is 0.200. The zero-order valence-electron chi connectivity index (χ0n) is 10.0. The molecule has 2 rings (SSSR count). The molecule has 0 aromatic heterocycles. The molecule has 0 aliphatic carbocycles. The number of nitrogen functional groups attached to an aromatic ring is 1. The second kappa shape index (κ2) is 4.01. The fourth-order valence-corrected chi connectivity index (χ4v) is 2.15. The van der Waals surface area contributed by atoms with Crippen LogP contribution in [-0.4, -0.2) is 0 Å². The third kappa shape index (κ3) is 1.81. The maximum atomic E-state index is 6.09. The number of hydrogen-bond donors (Lipinski definition) is 1.